The van der Waals surface area contributed by atoms with Crippen LogP contribution in [0.15, 0.2) is 237 Å². The van der Waals surface area contributed by atoms with Crippen LogP contribution in [0.2, 0.25) is 0 Å². The van der Waals surface area contributed by atoms with E-state index < -0.39 is 189 Å². The van der Waals surface area contributed by atoms with Crippen LogP contribution in [-0.4, -0.2) is 19.9 Å². The zero-order chi connectivity index (χ0) is 150. The zero-order valence-corrected chi connectivity index (χ0v) is 85.7. The summed E-state index contributed by atoms with van der Waals surface area (Å²) in [7, 11) is 6.79. The average Bonchev–Trinajstić information content (AvgIpc) is 1.49. The first-order valence-electron chi connectivity index (χ1n) is 75.3. The molecule has 12 heteroatoms. The number of nitrogens with zero attached hydrogens (tertiary/aromatic N) is 8. The summed E-state index contributed by atoms with van der Waals surface area (Å²) >= 11 is 0. The van der Waals surface area contributed by atoms with Crippen molar-refractivity contribution >= 4 is 88.3 Å². The van der Waals surface area contributed by atoms with E-state index in [9.17, 15) is 8.22 Å². The van der Waals surface area contributed by atoms with Crippen molar-refractivity contribution in [1.82, 2.24) is 19.9 Å². The molecule has 4 aliphatic carbocycles. The normalized spacial score (nSPS) is 24.4. The predicted molar refractivity (Wildman–Crippen MR) is 612 cm³/mol. The average molecular weight is 2010 g/mol. The molecular formula is C136H148N8O4+4. The molecule has 0 spiro atoms. The lowest BCUT2D eigenvalue weighted by Gasteiger charge is -2.39. The molecule has 12 nitrogen and oxygen atoms in total. The van der Waals surface area contributed by atoms with Gasteiger partial charge in [-0.3, -0.25) is 0 Å². The maximum Gasteiger partial charge on any atom is 0.227 e. The van der Waals surface area contributed by atoms with Gasteiger partial charge in [0.2, 0.25) is 45.6 Å². The molecule has 0 saturated carbocycles. The lowest BCUT2D eigenvalue weighted by molar-refractivity contribution is -0.660. The number of aromatic nitrogens is 8. The van der Waals surface area contributed by atoms with Crippen LogP contribution in [0.25, 0.3) is 178 Å². The highest BCUT2D eigenvalue weighted by Crippen LogP contribution is 2.61. The number of furan rings is 4. The highest BCUT2D eigenvalue weighted by molar-refractivity contribution is 6.15. The van der Waals surface area contributed by atoms with Crippen LogP contribution >= 0.6 is 0 Å². The van der Waals surface area contributed by atoms with Gasteiger partial charge in [-0.05, 0) is 241 Å². The van der Waals surface area contributed by atoms with Gasteiger partial charge >= 0.3 is 0 Å². The van der Waals surface area contributed by atoms with E-state index in [4.69, 9.17) is 97.0 Å². The maximum absolute atomic E-state index is 9.66. The SMILES string of the molecule is [2H]C([2H])([2H])CC1(C([2H])([2H])C([2H])([2H])[2H])c2ccccc2-c2cc3c(nc21)oc1c(-c2cc(C([2H])(C)C)c(C([2H])([2H])[2H])c[n+]2C)c(C)ccc13.[2H]C([2H])([2H])c1c[n+](C)c(-c2c(C)ccc3c2oc2nc4c(cc23)-c2ccccc2C4(C([2H])(C)C([2H])([2H])[2H])C([2H])(C([2H])([2H])[2H])C([2H])([2H])[2H])cc1C([2H])(C)C.[2H]C([2H])([2H])c1c[n+](C)c(-c2c(C)ccc3c2oc2nc4c(cc23)-c2ccccc2C4(C([2H])([2H])C([2H])(C)C([2H])([2H])[2H])C([2H])([2H])C([2H])(C)C([2H])([2H])[2H])cc1C([2H])(C)C.[2H]C([2H])([2H])c1c[n+](C)c(-c2c(C)ccc3c2oc2nc4c(cc23)-c2ccccc2C4(C([2H])([2H])[2H])C([2H])([2H])[2H])cc1C([2H])(C)C. The standard InChI is InChI=1S/C37H43N2O.C35H39N2O.C33H35N2O.C31H31N2O/c1-21(2)18-37(19-22(3)4)31-13-11-10-12-26(31)29-16-30-27-15-14-24(7)33(34(27)40-36(30)38-35(29)37)32-17-28(23(5)6)25(8)20-39(32)9;1-19(2)26-17-30(37(9)18-23(26)8)31-22(7)14-15-25-28-16-27-24-12-10-11-13-29(24)35(20(3)4,21(5)6)33(27)36-34(28)38-32(25)31;1-8-33(9-2)27-13-11-10-12-22(27)25-16-26-23-15-14-20(5)29(30(23)36-32(26)34-31(25)33)28-17-24(19(3)4)21(6)18-35(28)7;1-17(2)22-15-26(33(7)16-19(22)4)27-18(3)12-13-21-24-14-23-20-10-8-9-11-25(20)31(5,6)29(23)32-30(24)34-28(21)27/h10-17,20-23H,18-19H2,1-9H3;10-21H,1-9H3;10-19H,8-9H2,1-7H3;8-17H,1-7H3/q4*+1/i1D3,3D3,8D3,18D2,19D2,21D,22D,23D;3D3,4D3,5D3,8D3,19D,20D,21D;1D3,2D3,6D3,8D2,19D;4D3,5D3,6D3,17D. The summed E-state index contributed by atoms with van der Waals surface area (Å²) in [5, 5.41) is 4.33. The van der Waals surface area contributed by atoms with Crippen molar-refractivity contribution in [2.24, 2.45) is 51.8 Å². The second-order valence-corrected chi connectivity index (χ2v) is 40.4. The van der Waals surface area contributed by atoms with E-state index >= 15 is 0 Å². The van der Waals surface area contributed by atoms with Gasteiger partial charge in [0, 0.05) is 206 Å². The number of hydrogen-bond donors (Lipinski definition) is 0. The Balaban J connectivity index is 0.000000148. The van der Waals surface area contributed by atoms with Crippen molar-refractivity contribution in [3.8, 4) is 89.5 Å². The van der Waals surface area contributed by atoms with E-state index in [2.05, 4.69) is 4.98 Å². The molecule has 8 aromatic carbocycles. The number of aryl methyl sites for hydroxylation is 12. The molecule has 5 atom stereocenters. The van der Waals surface area contributed by atoms with Crippen LogP contribution in [-0.2, 0) is 49.9 Å². The Labute approximate surface area is 949 Å². The van der Waals surface area contributed by atoms with Crippen LogP contribution in [0, 0.1) is 78.7 Å². The Bertz CT molecular complexity index is 11300. The first-order valence-corrected chi connectivity index (χ1v) is 48.8. The first kappa shape index (κ1) is 55.4. The van der Waals surface area contributed by atoms with E-state index in [1.807, 2.05) is 64.1 Å². The molecule has 148 heavy (non-hydrogen) atoms. The highest BCUT2D eigenvalue weighted by Gasteiger charge is 2.52. The summed E-state index contributed by atoms with van der Waals surface area (Å²) in [5.74, 6) is -17.8. The quantitative estimate of drug-likeness (QED) is 0.0878. The largest absolute Gasteiger partial charge is 0.437 e. The molecule has 0 bridgehead atoms. The summed E-state index contributed by atoms with van der Waals surface area (Å²) in [4.78, 5) is 19.0. The van der Waals surface area contributed by atoms with Crippen LogP contribution in [0.5, 0.6) is 0 Å². The number of rotatable bonds is 16. The number of fused-ring (bicyclic) bond motifs is 24. The Morgan fingerprint density at radius 2 is 0.615 bits per heavy atom. The maximum atomic E-state index is 9.66. The summed E-state index contributed by atoms with van der Waals surface area (Å²) < 4.78 is 486. The minimum Gasteiger partial charge on any atom is -0.437 e. The second-order valence-electron chi connectivity index (χ2n) is 40.4. The molecule has 0 saturated heterocycles. The third-order valence-corrected chi connectivity index (χ3v) is 29.8. The van der Waals surface area contributed by atoms with E-state index in [0.29, 0.717) is 144 Å². The van der Waals surface area contributed by atoms with E-state index in [-0.39, 0.29) is 129 Å². The van der Waals surface area contributed by atoms with Gasteiger partial charge in [-0.1, -0.05) is 283 Å². The van der Waals surface area contributed by atoms with Gasteiger partial charge in [0.1, 0.15) is 28.2 Å². The molecule has 5 unspecified atom stereocenters. The minimum absolute atomic E-state index is 0.00623. The van der Waals surface area contributed by atoms with Gasteiger partial charge in [0.15, 0.2) is 47.1 Å². The highest BCUT2D eigenvalue weighted by atomic mass is 16.4. The summed E-state index contributed by atoms with van der Waals surface area (Å²) in [6.07, 6.45) is -4.83. The first-order chi connectivity index (χ1) is 91.2. The molecule has 752 valence electrons. The molecule has 24 rings (SSSR count). The molecule has 12 heterocycles. The van der Waals surface area contributed by atoms with Gasteiger partial charge in [0.05, 0.1) is 45.0 Å². The Kier molecular flexibility index (Phi) is 13.9. The lowest BCUT2D eigenvalue weighted by Crippen LogP contribution is -2.38. The van der Waals surface area contributed by atoms with Crippen LogP contribution < -0.4 is 18.3 Å². The Morgan fingerprint density at radius 1 is 0.311 bits per heavy atom. The number of pyridine rings is 8. The minimum atomic E-state index is -3.66. The van der Waals surface area contributed by atoms with Crippen molar-refractivity contribution < 1.29 is 109 Å². The molecule has 12 aromatic heterocycles. The smallest absolute Gasteiger partial charge is 0.227 e. The van der Waals surface area contributed by atoms with Crippen molar-refractivity contribution in [2.45, 2.75) is 264 Å². The van der Waals surface area contributed by atoms with Crippen LogP contribution in [0.3, 0.4) is 0 Å². The van der Waals surface area contributed by atoms with Crippen molar-refractivity contribution in [3.05, 3.63) is 331 Å². The fourth-order valence-corrected chi connectivity index (χ4v) is 22.7. The molecule has 0 amide bonds. The van der Waals surface area contributed by atoms with Gasteiger partial charge in [-0.15, -0.1) is 0 Å². The Hall–Kier alpha value is -13.8. The predicted octanol–water partition coefficient (Wildman–Crippen LogP) is 34.2. The molecule has 20 aromatic rings. The molecular weight excluding hydrogens is 1810 g/mol. The van der Waals surface area contributed by atoms with Crippen molar-refractivity contribution in [3.63, 3.8) is 0 Å². The molecule has 4 aliphatic rings. The van der Waals surface area contributed by atoms with Gasteiger partial charge < -0.3 is 17.7 Å². The zero-order valence-electron chi connectivity index (χ0n) is 139. The monoisotopic (exact) mass is 2010 g/mol. The lowest BCUT2D eigenvalue weighted by atomic mass is 9.64. The van der Waals surface area contributed by atoms with Gasteiger partial charge in [-0.25, -0.2) is 38.2 Å². The molecule has 0 aliphatic heterocycles. The van der Waals surface area contributed by atoms with Crippen LogP contribution in [0.4, 0.5) is 0 Å². The van der Waals surface area contributed by atoms with E-state index in [1.54, 1.807) is 235 Å². The van der Waals surface area contributed by atoms with Gasteiger partial charge in [0.25, 0.3) is 0 Å². The fourth-order valence-electron chi connectivity index (χ4n) is 22.7. The molecule has 0 fully saturated rings. The van der Waals surface area contributed by atoms with Gasteiger partial charge in [-0.2, -0.15) is 0 Å². The number of benzene rings is 8. The van der Waals surface area contributed by atoms with Crippen molar-refractivity contribution in [2.75, 3.05) is 0 Å². The van der Waals surface area contributed by atoms with E-state index in [1.165, 1.54) is 49.1 Å². The summed E-state index contributed by atoms with van der Waals surface area (Å²) in [6.45, 7) is -16.2. The fraction of sp³-hybridized carbons (Fsp3) is 0.353. The topological polar surface area (TPSA) is 120 Å². The Morgan fingerprint density at radius 3 is 0.946 bits per heavy atom. The third kappa shape index (κ3) is 15.6. The molecule has 0 N–H and O–H groups in total. The third-order valence-electron chi connectivity index (χ3n) is 29.8. The number of hydrogen-bond acceptors (Lipinski definition) is 8. The second kappa shape index (κ2) is 37.2. The molecule has 0 radical (unpaired) electrons. The van der Waals surface area contributed by atoms with Crippen LogP contribution in [0.1, 0.15) is 371 Å². The summed E-state index contributed by atoms with van der Waals surface area (Å²) in [5.41, 5.74) is 1.73. The van der Waals surface area contributed by atoms with E-state index in [0.717, 1.165) is 31.9 Å². The summed E-state index contributed by atoms with van der Waals surface area (Å²) in [6, 6.07) is 53.4. The van der Waals surface area contributed by atoms with Crippen molar-refractivity contribution in [1.29, 1.82) is 0 Å².